The number of nitriles is 1. The van der Waals surface area contributed by atoms with Crippen LogP contribution in [0.1, 0.15) is 22.8 Å². The van der Waals surface area contributed by atoms with Crippen molar-refractivity contribution in [3.8, 4) is 28.5 Å². The van der Waals surface area contributed by atoms with E-state index in [0.29, 0.717) is 21.8 Å². The van der Waals surface area contributed by atoms with Crippen LogP contribution < -0.4 is 5.32 Å². The van der Waals surface area contributed by atoms with Crippen LogP contribution in [0, 0.1) is 11.3 Å². The van der Waals surface area contributed by atoms with Gasteiger partial charge in [0.05, 0.1) is 18.5 Å². The van der Waals surface area contributed by atoms with Crippen molar-refractivity contribution >= 4 is 34.3 Å². The number of amides is 1. The van der Waals surface area contributed by atoms with Gasteiger partial charge < -0.3 is 10.1 Å². The van der Waals surface area contributed by atoms with Crippen LogP contribution in [-0.2, 0) is 9.53 Å². The first-order valence-electron chi connectivity index (χ1n) is 10.5. The summed E-state index contributed by atoms with van der Waals surface area (Å²) < 4.78 is 5.23. The molecule has 0 aliphatic rings. The van der Waals surface area contributed by atoms with Crippen LogP contribution in [0.4, 0.5) is 5.00 Å². The second-order valence-electron chi connectivity index (χ2n) is 7.13. The molecular formula is C26H20N4O3S. The predicted molar refractivity (Wildman–Crippen MR) is 132 cm³/mol. The van der Waals surface area contributed by atoms with E-state index >= 15 is 0 Å². The molecule has 4 aromatic rings. The highest BCUT2D eigenvalue weighted by Crippen LogP contribution is 2.36. The van der Waals surface area contributed by atoms with E-state index in [9.17, 15) is 14.9 Å². The monoisotopic (exact) mass is 468 g/mol. The minimum absolute atomic E-state index is 0.122. The molecule has 8 heteroatoms. The average Bonchev–Trinajstić information content (AvgIpc) is 3.51. The van der Waals surface area contributed by atoms with Gasteiger partial charge in [-0.15, -0.1) is 11.3 Å². The van der Waals surface area contributed by atoms with E-state index in [1.807, 2.05) is 66.7 Å². The molecule has 4 rings (SSSR count). The molecule has 0 fully saturated rings. The van der Waals surface area contributed by atoms with Gasteiger partial charge in [0.2, 0.25) is 0 Å². The van der Waals surface area contributed by atoms with E-state index in [1.165, 1.54) is 17.4 Å². The van der Waals surface area contributed by atoms with Crippen LogP contribution in [0.3, 0.4) is 0 Å². The number of aromatic amines is 1. The zero-order chi connectivity index (χ0) is 23.9. The number of hydrogen-bond donors (Lipinski definition) is 2. The molecule has 0 saturated carbocycles. The number of ether oxygens (including phenoxy) is 1. The summed E-state index contributed by atoms with van der Waals surface area (Å²) in [5, 5.41) is 21.5. The first-order valence-corrected chi connectivity index (χ1v) is 11.4. The van der Waals surface area contributed by atoms with Gasteiger partial charge in [0.15, 0.2) is 0 Å². The lowest BCUT2D eigenvalue weighted by Gasteiger charge is -2.08. The number of anilines is 1. The summed E-state index contributed by atoms with van der Waals surface area (Å²) in [7, 11) is 0. The molecule has 0 saturated heterocycles. The Morgan fingerprint density at radius 1 is 1.12 bits per heavy atom. The quantitative estimate of drug-likeness (QED) is 0.211. The van der Waals surface area contributed by atoms with Crippen molar-refractivity contribution in [1.29, 1.82) is 5.26 Å². The number of thiophene rings is 1. The van der Waals surface area contributed by atoms with Crippen LogP contribution in [-0.4, -0.2) is 28.7 Å². The molecule has 0 bridgehead atoms. The van der Waals surface area contributed by atoms with Crippen molar-refractivity contribution in [2.24, 2.45) is 0 Å². The van der Waals surface area contributed by atoms with E-state index in [4.69, 9.17) is 4.74 Å². The maximum absolute atomic E-state index is 13.0. The molecule has 7 nitrogen and oxygen atoms in total. The second kappa shape index (κ2) is 10.4. The fourth-order valence-corrected chi connectivity index (χ4v) is 4.35. The third kappa shape index (κ3) is 4.80. The molecule has 2 aromatic heterocycles. The molecule has 168 valence electrons. The summed E-state index contributed by atoms with van der Waals surface area (Å²) in [4.78, 5) is 25.8. The molecule has 0 spiro atoms. The molecule has 2 heterocycles. The van der Waals surface area contributed by atoms with E-state index in [-0.39, 0.29) is 17.7 Å². The van der Waals surface area contributed by atoms with E-state index in [1.54, 1.807) is 18.5 Å². The molecule has 2 aromatic carbocycles. The van der Waals surface area contributed by atoms with Gasteiger partial charge in [-0.25, -0.2) is 4.79 Å². The van der Waals surface area contributed by atoms with Crippen LogP contribution in [0.25, 0.3) is 28.5 Å². The maximum Gasteiger partial charge on any atom is 0.341 e. The lowest BCUT2D eigenvalue weighted by atomic mass is 10.0. The highest BCUT2D eigenvalue weighted by Gasteiger charge is 2.24. The van der Waals surface area contributed by atoms with Crippen molar-refractivity contribution in [3.05, 3.63) is 88.9 Å². The van der Waals surface area contributed by atoms with Crippen molar-refractivity contribution in [1.82, 2.24) is 10.2 Å². The SMILES string of the molecule is CCOC(=O)c1c(-c2ccccc2)csc1NC(=O)/C(C#N)=C\c1cn[nH]c1-c1ccccc1. The number of carbonyl (C=O) groups excluding carboxylic acids is 2. The van der Waals surface area contributed by atoms with Crippen LogP contribution in [0.2, 0.25) is 0 Å². The van der Waals surface area contributed by atoms with Gasteiger partial charge in [0.1, 0.15) is 22.2 Å². The Hall–Kier alpha value is -4.48. The molecule has 1 amide bonds. The topological polar surface area (TPSA) is 108 Å². The van der Waals surface area contributed by atoms with Crippen molar-refractivity contribution in [2.45, 2.75) is 6.92 Å². The lowest BCUT2D eigenvalue weighted by molar-refractivity contribution is -0.112. The number of esters is 1. The van der Waals surface area contributed by atoms with Crippen molar-refractivity contribution < 1.29 is 14.3 Å². The second-order valence-corrected chi connectivity index (χ2v) is 8.01. The van der Waals surface area contributed by atoms with Crippen LogP contribution >= 0.6 is 11.3 Å². The third-order valence-corrected chi connectivity index (χ3v) is 5.87. The highest BCUT2D eigenvalue weighted by atomic mass is 32.1. The summed E-state index contributed by atoms with van der Waals surface area (Å²) in [6.07, 6.45) is 3.02. The number of nitrogens with zero attached hydrogens (tertiary/aromatic N) is 2. The summed E-state index contributed by atoms with van der Waals surface area (Å²) >= 11 is 1.20. The van der Waals surface area contributed by atoms with Gasteiger partial charge in [-0.05, 0) is 18.6 Å². The Balaban J connectivity index is 1.66. The van der Waals surface area contributed by atoms with Gasteiger partial charge in [0, 0.05) is 22.1 Å². The minimum Gasteiger partial charge on any atom is -0.462 e. The molecule has 2 N–H and O–H groups in total. The molecule has 0 unspecified atom stereocenters. The molecular weight excluding hydrogens is 448 g/mol. The predicted octanol–water partition coefficient (Wildman–Crippen LogP) is 5.53. The number of H-pyrrole nitrogens is 1. The Morgan fingerprint density at radius 2 is 1.79 bits per heavy atom. The summed E-state index contributed by atoms with van der Waals surface area (Å²) in [6, 6.07) is 20.8. The first kappa shape index (κ1) is 22.7. The number of benzene rings is 2. The molecule has 0 atom stereocenters. The number of nitrogens with one attached hydrogen (secondary N) is 2. The maximum atomic E-state index is 13.0. The fraction of sp³-hybridized carbons (Fsp3) is 0.0769. The summed E-state index contributed by atoms with van der Waals surface area (Å²) in [6.45, 7) is 1.92. The molecule has 34 heavy (non-hydrogen) atoms. The Kier molecular flexibility index (Phi) is 6.96. The van der Waals surface area contributed by atoms with E-state index in [0.717, 1.165) is 11.1 Å². The molecule has 0 radical (unpaired) electrons. The van der Waals surface area contributed by atoms with Gasteiger partial charge in [0.25, 0.3) is 5.91 Å². The van der Waals surface area contributed by atoms with Gasteiger partial charge >= 0.3 is 5.97 Å². The standard InChI is InChI=1S/C26H20N4O3S/c1-2-33-26(32)22-21(17-9-5-3-6-10-17)16-34-25(22)29-24(31)19(14-27)13-20-15-28-30-23(20)18-11-7-4-8-12-18/h3-13,15-16H,2H2,1H3,(H,28,30)(H,29,31)/b19-13-. The van der Waals surface area contributed by atoms with E-state index < -0.39 is 11.9 Å². The van der Waals surface area contributed by atoms with E-state index in [2.05, 4.69) is 15.5 Å². The molecule has 0 aliphatic carbocycles. The largest absolute Gasteiger partial charge is 0.462 e. The average molecular weight is 469 g/mol. The number of rotatable bonds is 7. The first-order chi connectivity index (χ1) is 16.6. The summed E-state index contributed by atoms with van der Waals surface area (Å²) in [5.74, 6) is -1.17. The van der Waals surface area contributed by atoms with Gasteiger partial charge in [-0.3, -0.25) is 9.89 Å². The molecule has 0 aliphatic heterocycles. The fourth-order valence-electron chi connectivity index (χ4n) is 3.40. The third-order valence-electron chi connectivity index (χ3n) is 4.98. The Morgan fingerprint density at radius 3 is 2.44 bits per heavy atom. The smallest absolute Gasteiger partial charge is 0.341 e. The Bertz CT molecular complexity index is 1380. The highest BCUT2D eigenvalue weighted by molar-refractivity contribution is 7.15. The number of aromatic nitrogens is 2. The zero-order valence-corrected chi connectivity index (χ0v) is 19.1. The normalized spacial score (nSPS) is 11.0. The Labute approximate surface area is 200 Å². The van der Waals surface area contributed by atoms with Gasteiger partial charge in [-0.1, -0.05) is 60.7 Å². The number of carbonyl (C=O) groups is 2. The number of hydrogen-bond acceptors (Lipinski definition) is 6. The zero-order valence-electron chi connectivity index (χ0n) is 18.2. The van der Waals surface area contributed by atoms with Gasteiger partial charge in [-0.2, -0.15) is 10.4 Å². The van der Waals surface area contributed by atoms with Crippen LogP contribution in [0.15, 0.2) is 77.8 Å². The summed E-state index contributed by atoms with van der Waals surface area (Å²) in [5.41, 5.74) is 3.78. The minimum atomic E-state index is -0.630. The lowest BCUT2D eigenvalue weighted by Crippen LogP contribution is -2.16. The van der Waals surface area contributed by atoms with Crippen LogP contribution in [0.5, 0.6) is 0 Å². The van der Waals surface area contributed by atoms with Crippen molar-refractivity contribution in [3.63, 3.8) is 0 Å². The van der Waals surface area contributed by atoms with Crippen molar-refractivity contribution in [2.75, 3.05) is 11.9 Å².